The number of nitrogens with one attached hydrogen (secondary N) is 2. The molecule has 0 aromatic heterocycles. The first-order chi connectivity index (χ1) is 20.4. The fourth-order valence-electron chi connectivity index (χ4n) is 4.01. The molecule has 0 fully saturated rings. The smallest absolute Gasteiger partial charge is 0.305 e. The number of carbonyl (C=O) groups is 2. The van der Waals surface area contributed by atoms with Gasteiger partial charge in [-0.1, -0.05) is 24.3 Å². The van der Waals surface area contributed by atoms with Crippen LogP contribution in [-0.2, 0) is 24.4 Å². The van der Waals surface area contributed by atoms with Gasteiger partial charge in [0.05, 0.1) is 43.1 Å². The van der Waals surface area contributed by atoms with Gasteiger partial charge in [-0.3, -0.25) is 29.3 Å². The summed E-state index contributed by atoms with van der Waals surface area (Å²) in [5.74, 6) is -0.611. The van der Waals surface area contributed by atoms with Crippen molar-refractivity contribution in [2.75, 3.05) is 31.3 Å². The Kier molecular flexibility index (Phi) is 11.4. The molecule has 1 atom stereocenters. The van der Waals surface area contributed by atoms with E-state index in [4.69, 9.17) is 19.0 Å². The van der Waals surface area contributed by atoms with Crippen LogP contribution in [0.4, 0.5) is 11.4 Å². The Morgan fingerprint density at radius 3 is 2.37 bits per heavy atom. The Hall–Kier alpha value is -4.69. The summed E-state index contributed by atoms with van der Waals surface area (Å²) in [5.41, 5.74) is 4.30. The molecule has 0 saturated carbocycles. The Labute approximate surface area is 249 Å². The molecule has 0 saturated heterocycles. The van der Waals surface area contributed by atoms with E-state index in [2.05, 4.69) is 10.2 Å². The van der Waals surface area contributed by atoms with Crippen molar-refractivity contribution in [1.82, 2.24) is 5.48 Å². The van der Waals surface area contributed by atoms with Crippen molar-refractivity contribution >= 4 is 33.3 Å². The minimum Gasteiger partial charge on any atom is -0.493 e. The molecular formula is C29H33N3O10S. The predicted molar refractivity (Wildman–Crippen MR) is 158 cm³/mol. The lowest BCUT2D eigenvalue weighted by Crippen LogP contribution is -2.25. The summed E-state index contributed by atoms with van der Waals surface area (Å²) in [6, 6.07) is 15.9. The Morgan fingerprint density at radius 2 is 1.74 bits per heavy atom. The molecule has 0 spiro atoms. The molecule has 2 N–H and O–H groups in total. The zero-order valence-corrected chi connectivity index (χ0v) is 24.9. The van der Waals surface area contributed by atoms with Gasteiger partial charge in [-0.05, 0) is 61.7 Å². The lowest BCUT2D eigenvalue weighted by Gasteiger charge is -2.17. The van der Waals surface area contributed by atoms with Crippen LogP contribution in [0, 0.1) is 10.1 Å². The van der Waals surface area contributed by atoms with Gasteiger partial charge in [0, 0.05) is 17.7 Å². The highest BCUT2D eigenvalue weighted by atomic mass is 32.2. The summed E-state index contributed by atoms with van der Waals surface area (Å²) in [6.07, 6.45) is 0.601. The number of esters is 1. The van der Waals surface area contributed by atoms with E-state index in [-0.39, 0.29) is 53.9 Å². The minimum atomic E-state index is -3.43. The van der Waals surface area contributed by atoms with E-state index in [1.54, 1.807) is 55.5 Å². The second-order valence-electron chi connectivity index (χ2n) is 9.30. The van der Waals surface area contributed by atoms with E-state index >= 15 is 0 Å². The molecule has 3 aromatic carbocycles. The summed E-state index contributed by atoms with van der Waals surface area (Å²) in [4.78, 5) is 41.0. The SMILES string of the molecule is CCOC(=O)CCCOc1cc([N+](=O)[O-])c(C(C)ONC(=O)c2ccc(-c3cccc(NS(C)(=O)=O)c3)cc2)cc1OC. The first-order valence-electron chi connectivity index (χ1n) is 13.2. The van der Waals surface area contributed by atoms with E-state index in [1.165, 1.54) is 26.2 Å². The van der Waals surface area contributed by atoms with Crippen LogP contribution in [0.2, 0.25) is 0 Å². The number of hydroxylamine groups is 1. The summed E-state index contributed by atoms with van der Waals surface area (Å²) in [6.45, 7) is 3.62. The van der Waals surface area contributed by atoms with Crippen molar-refractivity contribution in [3.63, 3.8) is 0 Å². The van der Waals surface area contributed by atoms with Gasteiger partial charge in [0.15, 0.2) is 11.5 Å². The Bertz CT molecular complexity index is 1560. The third-order valence-corrected chi connectivity index (χ3v) is 6.62. The maximum Gasteiger partial charge on any atom is 0.305 e. The molecule has 13 nitrogen and oxygen atoms in total. The average molecular weight is 616 g/mol. The van der Waals surface area contributed by atoms with Crippen LogP contribution in [0.5, 0.6) is 11.5 Å². The molecular weight excluding hydrogens is 582 g/mol. The highest BCUT2D eigenvalue weighted by Crippen LogP contribution is 2.38. The summed E-state index contributed by atoms with van der Waals surface area (Å²) < 4.78 is 41.3. The van der Waals surface area contributed by atoms with Crippen LogP contribution in [0.1, 0.15) is 48.7 Å². The van der Waals surface area contributed by atoms with Crippen LogP contribution in [-0.4, -0.2) is 51.8 Å². The maximum atomic E-state index is 12.7. The van der Waals surface area contributed by atoms with Gasteiger partial charge in [-0.15, -0.1) is 0 Å². The van der Waals surface area contributed by atoms with Crippen LogP contribution in [0.25, 0.3) is 11.1 Å². The Morgan fingerprint density at radius 1 is 1.02 bits per heavy atom. The molecule has 3 aromatic rings. The second kappa shape index (κ2) is 15.0. The molecule has 0 aliphatic rings. The number of carbonyl (C=O) groups excluding carboxylic acids is 2. The quantitative estimate of drug-likeness (QED) is 0.105. The van der Waals surface area contributed by atoms with Crippen molar-refractivity contribution in [2.24, 2.45) is 0 Å². The highest BCUT2D eigenvalue weighted by molar-refractivity contribution is 7.92. The van der Waals surface area contributed by atoms with Crippen molar-refractivity contribution in [2.45, 2.75) is 32.8 Å². The number of hydrogen-bond acceptors (Lipinski definition) is 10. The lowest BCUT2D eigenvalue weighted by molar-refractivity contribution is -0.386. The number of sulfonamides is 1. The standard InChI is InChI=1S/C29H33N3O10S/c1-5-40-28(33)10-7-15-41-27-18-25(32(35)36)24(17-26(27)39-3)19(2)42-30-29(34)21-13-11-20(12-14-21)22-8-6-9-23(16-22)31-43(4,37)38/h6,8-9,11-14,16-19,31H,5,7,10,15H2,1-4H3,(H,30,34). The lowest BCUT2D eigenvalue weighted by atomic mass is 10.0. The van der Waals surface area contributed by atoms with Crippen LogP contribution in [0.3, 0.4) is 0 Å². The predicted octanol–water partition coefficient (Wildman–Crippen LogP) is 4.79. The van der Waals surface area contributed by atoms with Gasteiger partial charge in [0.25, 0.3) is 11.6 Å². The largest absolute Gasteiger partial charge is 0.493 e. The number of nitro benzene ring substituents is 1. The highest BCUT2D eigenvalue weighted by Gasteiger charge is 2.25. The first-order valence-corrected chi connectivity index (χ1v) is 15.1. The Balaban J connectivity index is 1.67. The third kappa shape index (κ3) is 9.68. The molecule has 0 radical (unpaired) electrons. The molecule has 14 heteroatoms. The summed E-state index contributed by atoms with van der Waals surface area (Å²) in [7, 11) is -2.05. The number of ether oxygens (including phenoxy) is 3. The third-order valence-electron chi connectivity index (χ3n) is 6.01. The van der Waals surface area contributed by atoms with E-state index in [9.17, 15) is 28.1 Å². The van der Waals surface area contributed by atoms with Crippen LogP contribution >= 0.6 is 0 Å². The number of nitro groups is 1. The monoisotopic (exact) mass is 615 g/mol. The fourth-order valence-corrected chi connectivity index (χ4v) is 4.56. The van der Waals surface area contributed by atoms with E-state index < -0.39 is 27.0 Å². The molecule has 0 bridgehead atoms. The number of methoxy groups -OCH3 is 1. The van der Waals surface area contributed by atoms with E-state index in [0.717, 1.165) is 17.4 Å². The van der Waals surface area contributed by atoms with Crippen molar-refractivity contribution in [3.05, 3.63) is 81.9 Å². The van der Waals surface area contributed by atoms with Gasteiger partial charge in [-0.2, -0.15) is 0 Å². The molecule has 0 aliphatic heterocycles. The number of benzene rings is 3. The number of amides is 1. The topological polar surface area (TPSA) is 172 Å². The summed E-state index contributed by atoms with van der Waals surface area (Å²) in [5, 5.41) is 11.8. The first kappa shape index (κ1) is 32.8. The molecule has 1 amide bonds. The fraction of sp³-hybridized carbons (Fsp3) is 0.310. The molecule has 0 aliphatic carbocycles. The maximum absolute atomic E-state index is 12.7. The number of hydrogen-bond donors (Lipinski definition) is 2. The zero-order valence-electron chi connectivity index (χ0n) is 24.1. The number of anilines is 1. The molecule has 1 unspecified atom stereocenters. The molecule has 0 heterocycles. The normalized spacial score (nSPS) is 11.7. The van der Waals surface area contributed by atoms with E-state index in [1.807, 2.05) is 0 Å². The van der Waals surface area contributed by atoms with Crippen LogP contribution in [0.15, 0.2) is 60.7 Å². The van der Waals surface area contributed by atoms with Crippen LogP contribution < -0.4 is 19.7 Å². The zero-order chi connectivity index (χ0) is 31.6. The van der Waals surface area contributed by atoms with Crippen molar-refractivity contribution in [3.8, 4) is 22.6 Å². The average Bonchev–Trinajstić information content (AvgIpc) is 2.97. The second-order valence-corrected chi connectivity index (χ2v) is 11.0. The number of rotatable bonds is 15. The molecule has 230 valence electrons. The summed E-state index contributed by atoms with van der Waals surface area (Å²) >= 11 is 0. The number of nitrogens with zero attached hydrogens (tertiary/aromatic N) is 1. The van der Waals surface area contributed by atoms with Gasteiger partial charge in [-0.25, -0.2) is 13.9 Å². The van der Waals surface area contributed by atoms with Gasteiger partial charge in [0.1, 0.15) is 6.10 Å². The van der Waals surface area contributed by atoms with Gasteiger partial charge >= 0.3 is 5.97 Å². The van der Waals surface area contributed by atoms with Crippen molar-refractivity contribution in [1.29, 1.82) is 0 Å². The van der Waals surface area contributed by atoms with Gasteiger partial charge in [0.2, 0.25) is 10.0 Å². The van der Waals surface area contributed by atoms with Gasteiger partial charge < -0.3 is 14.2 Å². The molecule has 3 rings (SSSR count). The van der Waals surface area contributed by atoms with Crippen molar-refractivity contribution < 1.29 is 42.0 Å². The van der Waals surface area contributed by atoms with E-state index in [0.29, 0.717) is 12.1 Å². The minimum absolute atomic E-state index is 0.107. The molecule has 43 heavy (non-hydrogen) atoms.